The van der Waals surface area contributed by atoms with Crippen molar-refractivity contribution in [1.82, 2.24) is 0 Å². The second-order valence-corrected chi connectivity index (χ2v) is 2.40. The Morgan fingerprint density at radius 3 is 2.36 bits per heavy atom. The fourth-order valence-electron chi connectivity index (χ4n) is 0.745. The van der Waals surface area contributed by atoms with Gasteiger partial charge in [-0.25, -0.2) is 0 Å². The van der Waals surface area contributed by atoms with Gasteiger partial charge in [0.05, 0.1) is 6.61 Å². The van der Waals surface area contributed by atoms with Gasteiger partial charge in [0, 0.05) is 6.92 Å². The molecule has 0 saturated carbocycles. The van der Waals surface area contributed by atoms with E-state index in [0.717, 1.165) is 6.42 Å². The van der Waals surface area contributed by atoms with E-state index in [9.17, 15) is 4.79 Å². The van der Waals surface area contributed by atoms with Crippen LogP contribution in [0.3, 0.4) is 0 Å². The number of carbonyl (C=O) groups excluding carboxylic acids is 1. The Labute approximate surface area is 98.7 Å². The van der Waals surface area contributed by atoms with Crippen molar-refractivity contribution >= 4 is 43.7 Å². The summed E-state index contributed by atoms with van der Waals surface area (Å²) in [5.74, 6) is -0.170. The van der Waals surface area contributed by atoms with Gasteiger partial charge < -0.3 is 4.74 Å². The minimum atomic E-state index is -0.170. The van der Waals surface area contributed by atoms with E-state index in [1.165, 1.54) is 26.2 Å². The molecule has 0 bridgehead atoms. The minimum absolute atomic E-state index is 0. The summed E-state index contributed by atoms with van der Waals surface area (Å²) in [6, 6.07) is 0. The van der Waals surface area contributed by atoms with Crippen LogP contribution in [-0.2, 0) is 9.53 Å². The molecule has 0 fully saturated rings. The molecule has 0 unspecified atom stereocenters. The second kappa shape index (κ2) is 10.7. The third-order valence-electron chi connectivity index (χ3n) is 1.30. The molecule has 0 rings (SSSR count). The Bertz CT molecular complexity index is 94.1. The molecule has 0 aliphatic carbocycles. The van der Waals surface area contributed by atoms with Crippen molar-refractivity contribution in [3.63, 3.8) is 0 Å². The zero-order valence-corrected chi connectivity index (χ0v) is 6.85. The predicted molar refractivity (Wildman–Crippen MR) is 49.3 cm³/mol. The number of esters is 1. The van der Waals surface area contributed by atoms with Gasteiger partial charge in [0.1, 0.15) is 0 Å². The summed E-state index contributed by atoms with van der Waals surface area (Å²) in [6.07, 6.45) is 4.64. The summed E-state index contributed by atoms with van der Waals surface area (Å²) in [4.78, 5) is 10.3. The van der Waals surface area contributed by atoms with Crippen LogP contribution < -0.4 is 0 Å². The Morgan fingerprint density at radius 1 is 1.27 bits per heavy atom. The van der Waals surface area contributed by atoms with E-state index in [1.54, 1.807) is 0 Å². The number of ether oxygens (including phenoxy) is 1. The van der Waals surface area contributed by atoms with E-state index in [4.69, 9.17) is 4.74 Å². The molecule has 0 heterocycles. The fraction of sp³-hybridized carbons (Fsp3) is 0.875. The van der Waals surface area contributed by atoms with E-state index >= 15 is 0 Å². The van der Waals surface area contributed by atoms with Gasteiger partial charge in [-0.3, -0.25) is 4.79 Å². The van der Waals surface area contributed by atoms with Crippen LogP contribution in [-0.4, -0.2) is 50.3 Å². The van der Waals surface area contributed by atoms with Crippen molar-refractivity contribution in [2.45, 2.75) is 39.5 Å². The zero-order valence-electron chi connectivity index (χ0n) is 6.85. The quantitative estimate of drug-likeness (QED) is 0.366. The first-order chi connectivity index (χ1) is 4.77. The summed E-state index contributed by atoms with van der Waals surface area (Å²) < 4.78 is 4.75. The molecule has 64 valence electrons. The molecule has 0 aromatic carbocycles. The summed E-state index contributed by atoms with van der Waals surface area (Å²) in [6.45, 7) is 4.20. The molecule has 0 spiro atoms. The van der Waals surface area contributed by atoms with Gasteiger partial charge in [0.25, 0.3) is 0 Å². The molecule has 3 heteroatoms. The van der Waals surface area contributed by atoms with Crippen LogP contribution in [0, 0.1) is 0 Å². The topological polar surface area (TPSA) is 26.3 Å². The molecule has 0 atom stereocenters. The van der Waals surface area contributed by atoms with E-state index in [2.05, 4.69) is 6.92 Å². The summed E-state index contributed by atoms with van der Waals surface area (Å²) in [7, 11) is 0. The number of rotatable bonds is 5. The number of unbranched alkanes of at least 4 members (excludes halogenated alkanes) is 3. The van der Waals surface area contributed by atoms with Crippen LogP contribution >= 0.6 is 0 Å². The molecule has 2 nitrogen and oxygen atoms in total. The van der Waals surface area contributed by atoms with Crippen molar-refractivity contribution in [2.75, 3.05) is 6.61 Å². The normalized spacial score (nSPS) is 8.55. The first-order valence-corrected chi connectivity index (χ1v) is 3.90. The van der Waals surface area contributed by atoms with Crippen LogP contribution in [0.25, 0.3) is 0 Å². The van der Waals surface area contributed by atoms with Gasteiger partial charge in [-0.15, -0.1) is 0 Å². The van der Waals surface area contributed by atoms with Crippen molar-refractivity contribution in [3.05, 3.63) is 0 Å². The van der Waals surface area contributed by atoms with E-state index in [1.807, 2.05) is 0 Å². The van der Waals surface area contributed by atoms with Crippen LogP contribution in [0.15, 0.2) is 0 Å². The Kier molecular flexibility index (Phi) is 13.9. The zero-order chi connectivity index (χ0) is 7.82. The average molecular weight is 186 g/mol. The molecule has 0 aliphatic heterocycles. The van der Waals surface area contributed by atoms with E-state index in [-0.39, 0.29) is 43.7 Å². The van der Waals surface area contributed by atoms with Crippen LogP contribution in [0.5, 0.6) is 0 Å². The molecule has 0 aromatic rings. The fourth-order valence-corrected chi connectivity index (χ4v) is 0.745. The molecule has 0 saturated heterocycles. The van der Waals surface area contributed by atoms with Gasteiger partial charge in [-0.2, -0.15) is 0 Å². The Balaban J connectivity index is 0. The SMILES string of the molecule is CCCCCCOC(C)=O.[CaH2]. The predicted octanol–water partition coefficient (Wildman–Crippen LogP) is 1.21. The van der Waals surface area contributed by atoms with Gasteiger partial charge in [-0.05, 0) is 6.42 Å². The van der Waals surface area contributed by atoms with Crippen molar-refractivity contribution in [2.24, 2.45) is 0 Å². The Hall–Kier alpha value is 0.730. The summed E-state index contributed by atoms with van der Waals surface area (Å²) >= 11 is 0. The summed E-state index contributed by atoms with van der Waals surface area (Å²) in [5.41, 5.74) is 0. The number of hydrogen-bond acceptors (Lipinski definition) is 2. The number of carbonyl (C=O) groups is 1. The molecule has 0 N–H and O–H groups in total. The molecule has 0 aromatic heterocycles. The molecule has 11 heavy (non-hydrogen) atoms. The monoisotopic (exact) mass is 186 g/mol. The number of hydrogen-bond donors (Lipinski definition) is 0. The maximum atomic E-state index is 10.3. The van der Waals surface area contributed by atoms with Crippen LogP contribution in [0.1, 0.15) is 39.5 Å². The third-order valence-corrected chi connectivity index (χ3v) is 1.30. The molecular formula is C8H18CaO2. The molecule has 0 amide bonds. The van der Waals surface area contributed by atoms with Crippen molar-refractivity contribution in [3.8, 4) is 0 Å². The Morgan fingerprint density at radius 2 is 1.91 bits per heavy atom. The standard InChI is InChI=1S/C8H16O2.Ca.2H/c1-3-4-5-6-7-10-8(2)9;;;/h3-7H2,1-2H3;;;. The van der Waals surface area contributed by atoms with Gasteiger partial charge in [0.15, 0.2) is 0 Å². The van der Waals surface area contributed by atoms with E-state index in [0.29, 0.717) is 6.61 Å². The van der Waals surface area contributed by atoms with Crippen LogP contribution in [0.2, 0.25) is 0 Å². The first kappa shape index (κ1) is 14.3. The summed E-state index contributed by atoms with van der Waals surface area (Å²) in [5, 5.41) is 0. The van der Waals surface area contributed by atoms with Gasteiger partial charge >= 0.3 is 43.7 Å². The van der Waals surface area contributed by atoms with Crippen LogP contribution in [0.4, 0.5) is 0 Å². The molecular weight excluding hydrogens is 168 g/mol. The average Bonchev–Trinajstić information content (AvgIpc) is 1.87. The van der Waals surface area contributed by atoms with Gasteiger partial charge in [-0.1, -0.05) is 26.2 Å². The van der Waals surface area contributed by atoms with Crippen molar-refractivity contribution in [1.29, 1.82) is 0 Å². The molecule has 0 aliphatic rings. The molecule has 0 radical (unpaired) electrons. The first-order valence-electron chi connectivity index (χ1n) is 3.90. The van der Waals surface area contributed by atoms with E-state index < -0.39 is 0 Å². The second-order valence-electron chi connectivity index (χ2n) is 2.40. The van der Waals surface area contributed by atoms with Crippen molar-refractivity contribution < 1.29 is 9.53 Å². The third kappa shape index (κ3) is 13.7. The van der Waals surface area contributed by atoms with Gasteiger partial charge in [0.2, 0.25) is 0 Å². The maximum absolute atomic E-state index is 10.3.